The lowest BCUT2D eigenvalue weighted by Crippen LogP contribution is -2.39. The molecule has 5 heteroatoms. The van der Waals surface area contributed by atoms with Gasteiger partial charge in [0.2, 0.25) is 0 Å². The molecule has 136 valence electrons. The Morgan fingerprint density at radius 3 is 2.63 bits per heavy atom. The fourth-order valence-corrected chi connectivity index (χ4v) is 3.40. The Labute approximate surface area is 158 Å². The number of hydrogen-bond donors (Lipinski definition) is 1. The fraction of sp³-hybridized carbons (Fsp3) is 0.227. The summed E-state index contributed by atoms with van der Waals surface area (Å²) in [4.78, 5) is 21.8. The molecule has 4 rings (SSSR count). The maximum atomic E-state index is 13.1. The first-order valence-electron chi connectivity index (χ1n) is 9.16. The van der Waals surface area contributed by atoms with E-state index in [0.717, 1.165) is 35.2 Å². The summed E-state index contributed by atoms with van der Waals surface area (Å²) in [5, 5.41) is 3.16. The van der Waals surface area contributed by atoms with Crippen LogP contribution in [0.3, 0.4) is 0 Å². The minimum absolute atomic E-state index is 0.0757. The molecular formula is C22H21N3O2. The van der Waals surface area contributed by atoms with Crippen molar-refractivity contribution in [3.8, 4) is 22.4 Å². The molecule has 1 fully saturated rings. The summed E-state index contributed by atoms with van der Waals surface area (Å²) in [6.07, 6.45) is 6.98. The molecule has 3 aromatic rings. The minimum Gasteiger partial charge on any atom is -0.381 e. The van der Waals surface area contributed by atoms with Crippen molar-refractivity contribution in [2.75, 3.05) is 13.2 Å². The molecule has 0 spiro atoms. The molecule has 0 aliphatic carbocycles. The Morgan fingerprint density at radius 2 is 1.89 bits per heavy atom. The molecule has 0 radical (unpaired) electrons. The van der Waals surface area contributed by atoms with Gasteiger partial charge in [-0.3, -0.25) is 14.8 Å². The van der Waals surface area contributed by atoms with Crippen LogP contribution in [-0.2, 0) is 4.74 Å². The number of carbonyl (C=O) groups is 1. The highest BCUT2D eigenvalue weighted by molar-refractivity contribution is 6.04. The Kier molecular flexibility index (Phi) is 5.21. The number of aromatic nitrogens is 2. The number of rotatable bonds is 4. The van der Waals surface area contributed by atoms with Gasteiger partial charge in [-0.1, -0.05) is 24.3 Å². The third-order valence-electron chi connectivity index (χ3n) is 4.76. The number of ether oxygens (including phenoxy) is 1. The van der Waals surface area contributed by atoms with E-state index in [4.69, 9.17) is 4.74 Å². The molecule has 3 heterocycles. The Balaban J connectivity index is 1.78. The normalized spacial score (nSPS) is 14.7. The first-order valence-corrected chi connectivity index (χ1v) is 9.16. The van der Waals surface area contributed by atoms with Crippen LogP contribution in [-0.4, -0.2) is 35.1 Å². The molecule has 0 bridgehead atoms. The van der Waals surface area contributed by atoms with Crippen molar-refractivity contribution < 1.29 is 9.53 Å². The van der Waals surface area contributed by atoms with E-state index in [-0.39, 0.29) is 11.9 Å². The van der Waals surface area contributed by atoms with Crippen LogP contribution in [0.15, 0.2) is 67.1 Å². The van der Waals surface area contributed by atoms with Gasteiger partial charge >= 0.3 is 0 Å². The molecule has 1 amide bonds. The Bertz CT molecular complexity index is 907. The number of amides is 1. The summed E-state index contributed by atoms with van der Waals surface area (Å²) in [5.74, 6) is -0.0757. The second-order valence-corrected chi connectivity index (χ2v) is 6.54. The van der Waals surface area contributed by atoms with Crippen LogP contribution in [0, 0.1) is 0 Å². The van der Waals surface area contributed by atoms with Crippen LogP contribution >= 0.6 is 0 Å². The van der Waals surface area contributed by atoms with Gasteiger partial charge in [0, 0.05) is 54.5 Å². The van der Waals surface area contributed by atoms with Gasteiger partial charge in [0.1, 0.15) is 0 Å². The maximum Gasteiger partial charge on any atom is 0.252 e. The van der Waals surface area contributed by atoms with E-state index in [9.17, 15) is 4.79 Å². The molecule has 0 atom stereocenters. The number of carbonyl (C=O) groups excluding carboxylic acids is 1. The topological polar surface area (TPSA) is 64.1 Å². The lowest BCUT2D eigenvalue weighted by molar-refractivity contribution is 0.0697. The zero-order valence-corrected chi connectivity index (χ0v) is 15.0. The number of benzene rings is 1. The van der Waals surface area contributed by atoms with Gasteiger partial charge in [-0.25, -0.2) is 0 Å². The predicted octanol–water partition coefficient (Wildman–Crippen LogP) is 3.72. The van der Waals surface area contributed by atoms with Crippen molar-refractivity contribution in [3.63, 3.8) is 0 Å². The van der Waals surface area contributed by atoms with Crippen LogP contribution in [0.2, 0.25) is 0 Å². The Morgan fingerprint density at radius 1 is 1.00 bits per heavy atom. The quantitative estimate of drug-likeness (QED) is 0.771. The molecule has 1 aromatic carbocycles. The monoisotopic (exact) mass is 359 g/mol. The van der Waals surface area contributed by atoms with Crippen molar-refractivity contribution in [2.24, 2.45) is 0 Å². The standard InChI is InChI=1S/C22H21N3O2/c26-22(25-17-9-13-27-14-10-17)19-7-3-6-18(16-5-4-11-23-15-16)21(19)20-8-1-2-12-24-20/h1-8,11-12,15,17H,9-10,13-14H2,(H,25,26). The van der Waals surface area contributed by atoms with Gasteiger partial charge in [0.15, 0.2) is 0 Å². The third kappa shape index (κ3) is 3.88. The lowest BCUT2D eigenvalue weighted by atomic mass is 9.93. The van der Waals surface area contributed by atoms with E-state index in [1.807, 2.05) is 54.7 Å². The Hall–Kier alpha value is -3.05. The summed E-state index contributed by atoms with van der Waals surface area (Å²) in [5.41, 5.74) is 4.13. The number of nitrogens with one attached hydrogen (secondary N) is 1. The number of pyridine rings is 2. The first kappa shape index (κ1) is 17.4. The van der Waals surface area contributed by atoms with Crippen molar-refractivity contribution in [3.05, 3.63) is 72.7 Å². The molecule has 1 saturated heterocycles. The van der Waals surface area contributed by atoms with Gasteiger partial charge < -0.3 is 10.1 Å². The second-order valence-electron chi connectivity index (χ2n) is 6.54. The molecule has 27 heavy (non-hydrogen) atoms. The second kappa shape index (κ2) is 8.10. The molecule has 1 aliphatic heterocycles. The zero-order valence-electron chi connectivity index (χ0n) is 15.0. The minimum atomic E-state index is -0.0757. The van der Waals surface area contributed by atoms with Crippen molar-refractivity contribution >= 4 is 5.91 Å². The summed E-state index contributed by atoms with van der Waals surface area (Å²) >= 11 is 0. The number of hydrogen-bond acceptors (Lipinski definition) is 4. The van der Waals surface area contributed by atoms with Gasteiger partial charge in [-0.2, -0.15) is 0 Å². The van der Waals surface area contributed by atoms with Gasteiger partial charge in [-0.05, 0) is 42.7 Å². The summed E-state index contributed by atoms with van der Waals surface area (Å²) in [7, 11) is 0. The first-order chi connectivity index (χ1) is 13.3. The van der Waals surface area contributed by atoms with Crippen LogP contribution < -0.4 is 5.32 Å². The zero-order chi connectivity index (χ0) is 18.5. The molecule has 0 unspecified atom stereocenters. The van der Waals surface area contributed by atoms with E-state index >= 15 is 0 Å². The molecule has 1 aliphatic rings. The maximum absolute atomic E-state index is 13.1. The van der Waals surface area contributed by atoms with Gasteiger partial charge in [0.25, 0.3) is 5.91 Å². The summed E-state index contributed by atoms with van der Waals surface area (Å²) in [6, 6.07) is 15.5. The van der Waals surface area contributed by atoms with Crippen molar-refractivity contribution in [2.45, 2.75) is 18.9 Å². The van der Waals surface area contributed by atoms with Crippen molar-refractivity contribution in [1.82, 2.24) is 15.3 Å². The van der Waals surface area contributed by atoms with Crippen molar-refractivity contribution in [1.29, 1.82) is 0 Å². The van der Waals surface area contributed by atoms with E-state index in [0.29, 0.717) is 18.8 Å². The SMILES string of the molecule is O=C(NC1CCOCC1)c1cccc(-c2cccnc2)c1-c1ccccn1. The van der Waals surface area contributed by atoms with Crippen LogP contribution in [0.5, 0.6) is 0 Å². The summed E-state index contributed by atoms with van der Waals surface area (Å²) in [6.45, 7) is 1.38. The molecule has 1 N–H and O–H groups in total. The number of nitrogens with zero attached hydrogens (tertiary/aromatic N) is 2. The summed E-state index contributed by atoms with van der Waals surface area (Å²) < 4.78 is 5.39. The lowest BCUT2D eigenvalue weighted by Gasteiger charge is -2.24. The van der Waals surface area contributed by atoms with E-state index in [1.165, 1.54) is 0 Å². The highest BCUT2D eigenvalue weighted by Crippen LogP contribution is 2.33. The highest BCUT2D eigenvalue weighted by atomic mass is 16.5. The molecular weight excluding hydrogens is 338 g/mol. The van der Waals surface area contributed by atoms with Crippen LogP contribution in [0.4, 0.5) is 0 Å². The van der Waals surface area contributed by atoms with E-state index in [1.54, 1.807) is 12.4 Å². The average Bonchev–Trinajstić information content (AvgIpc) is 2.75. The van der Waals surface area contributed by atoms with Gasteiger partial charge in [-0.15, -0.1) is 0 Å². The predicted molar refractivity (Wildman–Crippen MR) is 104 cm³/mol. The largest absolute Gasteiger partial charge is 0.381 e. The molecule has 5 nitrogen and oxygen atoms in total. The highest BCUT2D eigenvalue weighted by Gasteiger charge is 2.22. The average molecular weight is 359 g/mol. The molecule has 2 aromatic heterocycles. The third-order valence-corrected chi connectivity index (χ3v) is 4.76. The van der Waals surface area contributed by atoms with Gasteiger partial charge in [0.05, 0.1) is 5.69 Å². The van der Waals surface area contributed by atoms with E-state index in [2.05, 4.69) is 15.3 Å². The van der Waals surface area contributed by atoms with E-state index < -0.39 is 0 Å². The van der Waals surface area contributed by atoms with Crippen LogP contribution in [0.1, 0.15) is 23.2 Å². The fourth-order valence-electron chi connectivity index (χ4n) is 3.40. The smallest absolute Gasteiger partial charge is 0.252 e. The molecule has 0 saturated carbocycles. The van der Waals surface area contributed by atoms with Crippen LogP contribution in [0.25, 0.3) is 22.4 Å².